The van der Waals surface area contributed by atoms with Crippen molar-refractivity contribution in [2.45, 2.75) is 32.0 Å². The Morgan fingerprint density at radius 1 is 1.18 bits per heavy atom. The summed E-state index contributed by atoms with van der Waals surface area (Å²) < 4.78 is 0. The van der Waals surface area contributed by atoms with Crippen molar-refractivity contribution in [2.24, 2.45) is 0 Å². The first-order valence-corrected chi connectivity index (χ1v) is 8.02. The number of anilines is 1. The second-order valence-corrected chi connectivity index (χ2v) is 6.06. The van der Waals surface area contributed by atoms with E-state index in [-0.39, 0.29) is 6.61 Å². The highest BCUT2D eigenvalue weighted by atomic mass is 16.3. The summed E-state index contributed by atoms with van der Waals surface area (Å²) in [7, 11) is 0. The average Bonchev–Trinajstić information content (AvgIpc) is 3.04. The van der Waals surface area contributed by atoms with Crippen molar-refractivity contribution >= 4 is 5.69 Å². The van der Waals surface area contributed by atoms with Gasteiger partial charge in [-0.1, -0.05) is 42.5 Å². The van der Waals surface area contributed by atoms with Gasteiger partial charge in [0.1, 0.15) is 0 Å². The molecule has 3 heteroatoms. The van der Waals surface area contributed by atoms with Gasteiger partial charge < -0.3 is 15.3 Å². The highest BCUT2D eigenvalue weighted by molar-refractivity contribution is 5.47. The number of hydrogen-bond donors (Lipinski definition) is 2. The molecule has 116 valence electrons. The van der Waals surface area contributed by atoms with Gasteiger partial charge in [-0.3, -0.25) is 0 Å². The maximum absolute atomic E-state index is 9.26. The molecule has 0 amide bonds. The number of para-hydroxylation sites is 1. The zero-order valence-corrected chi connectivity index (χ0v) is 13.1. The predicted molar refractivity (Wildman–Crippen MR) is 91.0 cm³/mol. The Morgan fingerprint density at radius 3 is 2.77 bits per heavy atom. The minimum absolute atomic E-state index is 0.103. The molecule has 1 fully saturated rings. The summed E-state index contributed by atoms with van der Waals surface area (Å²) in [6.07, 6.45) is 1.17. The number of nitrogens with one attached hydrogen (secondary N) is 1. The van der Waals surface area contributed by atoms with Gasteiger partial charge in [0.2, 0.25) is 0 Å². The average molecular weight is 296 g/mol. The smallest absolute Gasteiger partial charge is 0.0681 e. The number of aliphatic hydroxyl groups is 1. The second-order valence-electron chi connectivity index (χ2n) is 6.06. The topological polar surface area (TPSA) is 35.5 Å². The van der Waals surface area contributed by atoms with Gasteiger partial charge in [0.05, 0.1) is 6.61 Å². The lowest BCUT2D eigenvalue weighted by atomic mass is 10.0. The van der Waals surface area contributed by atoms with Crippen LogP contribution in [0.2, 0.25) is 0 Å². The van der Waals surface area contributed by atoms with Gasteiger partial charge in [-0.2, -0.15) is 0 Å². The fourth-order valence-electron chi connectivity index (χ4n) is 3.18. The Kier molecular flexibility index (Phi) is 4.76. The van der Waals surface area contributed by atoms with Crippen LogP contribution >= 0.6 is 0 Å². The molecule has 2 aromatic carbocycles. The molecule has 1 saturated heterocycles. The third kappa shape index (κ3) is 3.49. The molecule has 0 radical (unpaired) electrons. The Morgan fingerprint density at radius 2 is 2.00 bits per heavy atom. The third-order valence-corrected chi connectivity index (χ3v) is 4.43. The lowest BCUT2D eigenvalue weighted by Gasteiger charge is -2.22. The molecule has 0 aromatic heterocycles. The molecular weight excluding hydrogens is 272 g/mol. The minimum atomic E-state index is 0.103. The van der Waals surface area contributed by atoms with Crippen molar-refractivity contribution < 1.29 is 5.11 Å². The minimum Gasteiger partial charge on any atom is -0.392 e. The first-order chi connectivity index (χ1) is 10.8. The molecule has 2 N–H and O–H groups in total. The summed E-state index contributed by atoms with van der Waals surface area (Å²) in [6, 6.07) is 19.6. The van der Waals surface area contributed by atoms with Gasteiger partial charge >= 0.3 is 0 Å². The maximum atomic E-state index is 9.26. The zero-order valence-electron chi connectivity index (χ0n) is 13.1. The van der Waals surface area contributed by atoms with E-state index >= 15 is 0 Å². The normalized spacial score (nSPS) is 19.4. The van der Waals surface area contributed by atoms with Crippen LogP contribution in [0.5, 0.6) is 0 Å². The molecule has 2 aromatic rings. The van der Waals surface area contributed by atoms with E-state index in [1.807, 2.05) is 12.1 Å². The molecular formula is C19H24N2O. The molecule has 3 nitrogen and oxygen atoms in total. The van der Waals surface area contributed by atoms with Crippen LogP contribution in [0.15, 0.2) is 54.6 Å². The maximum Gasteiger partial charge on any atom is 0.0681 e. The summed E-state index contributed by atoms with van der Waals surface area (Å²) in [5, 5.41) is 13.0. The fraction of sp³-hybridized carbons (Fsp3) is 0.368. The largest absolute Gasteiger partial charge is 0.392 e. The molecule has 0 saturated carbocycles. The van der Waals surface area contributed by atoms with Crippen LogP contribution in [0, 0.1) is 0 Å². The van der Waals surface area contributed by atoms with E-state index in [9.17, 15) is 5.11 Å². The van der Waals surface area contributed by atoms with Gasteiger partial charge in [-0.25, -0.2) is 0 Å². The summed E-state index contributed by atoms with van der Waals surface area (Å²) in [5.74, 6) is 0. The summed E-state index contributed by atoms with van der Waals surface area (Å²) in [4.78, 5) is 2.44. The molecule has 1 aliphatic rings. The van der Waals surface area contributed by atoms with Crippen molar-refractivity contribution in [3.8, 4) is 0 Å². The van der Waals surface area contributed by atoms with Gasteiger partial charge in [0, 0.05) is 30.9 Å². The summed E-state index contributed by atoms with van der Waals surface area (Å²) in [6.45, 7) is 4.45. The molecule has 22 heavy (non-hydrogen) atoms. The summed E-state index contributed by atoms with van der Waals surface area (Å²) >= 11 is 0. The van der Waals surface area contributed by atoms with E-state index in [1.165, 1.54) is 17.7 Å². The zero-order chi connectivity index (χ0) is 15.4. The molecule has 2 atom stereocenters. The predicted octanol–water partition coefficient (Wildman–Crippen LogP) is 3.11. The Labute approximate surface area is 132 Å². The van der Waals surface area contributed by atoms with Crippen molar-refractivity contribution in [2.75, 3.05) is 18.0 Å². The van der Waals surface area contributed by atoms with Crippen molar-refractivity contribution in [1.82, 2.24) is 5.32 Å². The van der Waals surface area contributed by atoms with Crippen molar-refractivity contribution in [3.63, 3.8) is 0 Å². The SMILES string of the molecule is CC(NC1CCN(c2ccccc2)C1)c1cccc(CO)c1. The van der Waals surface area contributed by atoms with E-state index in [4.69, 9.17) is 0 Å². The van der Waals surface area contributed by atoms with E-state index < -0.39 is 0 Å². The van der Waals surface area contributed by atoms with Crippen LogP contribution in [0.1, 0.15) is 30.5 Å². The molecule has 0 aliphatic carbocycles. The Hall–Kier alpha value is -1.84. The first kappa shape index (κ1) is 15.1. The monoisotopic (exact) mass is 296 g/mol. The quantitative estimate of drug-likeness (QED) is 0.890. The number of rotatable bonds is 5. The van der Waals surface area contributed by atoms with Crippen LogP contribution in [0.25, 0.3) is 0 Å². The lowest BCUT2D eigenvalue weighted by molar-refractivity contribution is 0.281. The van der Waals surface area contributed by atoms with Gasteiger partial charge in [-0.05, 0) is 36.6 Å². The molecule has 0 bridgehead atoms. The van der Waals surface area contributed by atoms with E-state index in [2.05, 4.69) is 59.6 Å². The van der Waals surface area contributed by atoms with Crippen molar-refractivity contribution in [1.29, 1.82) is 0 Å². The highest BCUT2D eigenvalue weighted by Crippen LogP contribution is 2.22. The standard InChI is InChI=1S/C19H24N2O/c1-15(17-7-5-6-16(12-17)14-22)20-18-10-11-21(13-18)19-8-3-2-4-9-19/h2-9,12,15,18,20,22H,10-11,13-14H2,1H3. The molecule has 0 spiro atoms. The Balaban J connectivity index is 1.60. The molecule has 1 heterocycles. The molecule has 1 aliphatic heterocycles. The second kappa shape index (κ2) is 6.95. The van der Waals surface area contributed by atoms with Crippen LogP contribution in [-0.4, -0.2) is 24.2 Å². The van der Waals surface area contributed by atoms with Gasteiger partial charge in [-0.15, -0.1) is 0 Å². The van der Waals surface area contributed by atoms with E-state index in [0.717, 1.165) is 18.7 Å². The van der Waals surface area contributed by atoms with Crippen LogP contribution in [-0.2, 0) is 6.61 Å². The van der Waals surface area contributed by atoms with E-state index in [0.29, 0.717) is 12.1 Å². The van der Waals surface area contributed by atoms with Crippen LogP contribution in [0.3, 0.4) is 0 Å². The first-order valence-electron chi connectivity index (χ1n) is 8.02. The lowest BCUT2D eigenvalue weighted by Crippen LogP contribution is -2.34. The highest BCUT2D eigenvalue weighted by Gasteiger charge is 2.23. The number of nitrogens with zero attached hydrogens (tertiary/aromatic N) is 1. The Bertz CT molecular complexity index is 599. The summed E-state index contributed by atoms with van der Waals surface area (Å²) in [5.41, 5.74) is 3.52. The molecule has 3 rings (SSSR count). The van der Waals surface area contributed by atoms with Crippen LogP contribution < -0.4 is 10.2 Å². The van der Waals surface area contributed by atoms with Crippen molar-refractivity contribution in [3.05, 3.63) is 65.7 Å². The number of benzene rings is 2. The molecule has 2 unspecified atom stereocenters. The third-order valence-electron chi connectivity index (χ3n) is 4.43. The van der Waals surface area contributed by atoms with Gasteiger partial charge in [0.15, 0.2) is 0 Å². The number of aliphatic hydroxyl groups excluding tert-OH is 1. The van der Waals surface area contributed by atoms with E-state index in [1.54, 1.807) is 0 Å². The number of hydrogen-bond acceptors (Lipinski definition) is 3. The van der Waals surface area contributed by atoms with Crippen LogP contribution in [0.4, 0.5) is 5.69 Å². The van der Waals surface area contributed by atoms with Gasteiger partial charge in [0.25, 0.3) is 0 Å². The fourth-order valence-corrected chi connectivity index (χ4v) is 3.18.